The fourth-order valence-electron chi connectivity index (χ4n) is 4.47. The molecule has 1 fully saturated rings. The van der Waals surface area contributed by atoms with Gasteiger partial charge in [-0.3, -0.25) is 5.10 Å². The molecule has 2 aromatic carbocycles. The number of fused-ring (bicyclic) bond motifs is 1. The maximum Gasteiger partial charge on any atom is 0.325 e. The predicted molar refractivity (Wildman–Crippen MR) is 147 cm³/mol. The minimum atomic E-state index is 0.214. The molecule has 0 spiro atoms. The molecule has 5 aromatic rings. The monoisotopic (exact) mass is 514 g/mol. The number of anilines is 3. The van der Waals surface area contributed by atoms with Crippen molar-refractivity contribution >= 4 is 40.0 Å². The Hall–Kier alpha value is -4.08. The van der Waals surface area contributed by atoms with Crippen LogP contribution in [0.4, 0.5) is 17.5 Å². The van der Waals surface area contributed by atoms with Crippen molar-refractivity contribution in [1.82, 2.24) is 30.0 Å². The fourth-order valence-corrected chi connectivity index (χ4v) is 4.73. The second kappa shape index (κ2) is 9.76. The van der Waals surface area contributed by atoms with Gasteiger partial charge in [0.25, 0.3) is 0 Å². The van der Waals surface area contributed by atoms with Gasteiger partial charge in [-0.2, -0.15) is 15.1 Å². The number of piperazine rings is 1. The third-order valence-electron chi connectivity index (χ3n) is 6.48. The SMILES string of the molecule is Cc1cc2c(Cl)c(Oc3nc(Nc4cc(-c5ccccc5)[nH]n4)cc(N4CCN(C)CC4)n3)ccc2[nH]1. The van der Waals surface area contributed by atoms with Crippen LogP contribution in [0.5, 0.6) is 11.8 Å². The summed E-state index contributed by atoms with van der Waals surface area (Å²) >= 11 is 6.69. The van der Waals surface area contributed by atoms with E-state index in [1.807, 2.05) is 67.6 Å². The first kappa shape index (κ1) is 23.3. The van der Waals surface area contributed by atoms with Gasteiger partial charge in [0.2, 0.25) is 0 Å². The zero-order valence-corrected chi connectivity index (χ0v) is 21.4. The standard InChI is InChI=1S/C27H27ClN8O/c1-17-14-19-20(29-17)8-9-22(26(19)28)37-27-31-23(16-25(32-27)36-12-10-35(2)11-13-36)30-24-15-21(33-34-24)18-6-4-3-5-7-18/h3-9,14-16,29H,10-13H2,1-2H3,(H2,30,31,32,33,34). The molecule has 9 nitrogen and oxygen atoms in total. The number of aromatic amines is 2. The van der Waals surface area contributed by atoms with Gasteiger partial charge in [-0.25, -0.2) is 0 Å². The van der Waals surface area contributed by atoms with E-state index < -0.39 is 0 Å². The fraction of sp³-hybridized carbons (Fsp3) is 0.222. The Morgan fingerprint density at radius 3 is 2.57 bits per heavy atom. The summed E-state index contributed by atoms with van der Waals surface area (Å²) in [6.07, 6.45) is 0. The number of hydrogen-bond acceptors (Lipinski definition) is 7. The van der Waals surface area contributed by atoms with Crippen LogP contribution in [-0.4, -0.2) is 63.3 Å². The highest BCUT2D eigenvalue weighted by atomic mass is 35.5. The number of nitrogens with zero attached hydrogens (tertiary/aromatic N) is 5. The summed E-state index contributed by atoms with van der Waals surface area (Å²) in [5, 5.41) is 12.2. The van der Waals surface area contributed by atoms with Crippen LogP contribution in [0.2, 0.25) is 5.02 Å². The molecule has 1 saturated heterocycles. The molecule has 3 N–H and O–H groups in total. The van der Waals surface area contributed by atoms with E-state index in [-0.39, 0.29) is 6.01 Å². The molecule has 6 rings (SSSR count). The maximum absolute atomic E-state index is 6.69. The lowest BCUT2D eigenvalue weighted by molar-refractivity contribution is 0.311. The van der Waals surface area contributed by atoms with E-state index in [9.17, 15) is 0 Å². The van der Waals surface area contributed by atoms with Gasteiger partial charge in [-0.15, -0.1) is 0 Å². The highest BCUT2D eigenvalue weighted by Gasteiger charge is 2.19. The van der Waals surface area contributed by atoms with Crippen molar-refractivity contribution in [2.75, 3.05) is 43.4 Å². The molecule has 188 valence electrons. The van der Waals surface area contributed by atoms with Crippen LogP contribution in [0, 0.1) is 6.92 Å². The van der Waals surface area contributed by atoms with E-state index in [2.05, 4.69) is 42.3 Å². The number of likely N-dealkylation sites (N-methyl/N-ethyl adjacent to an activating group) is 1. The van der Waals surface area contributed by atoms with Crippen molar-refractivity contribution in [2.24, 2.45) is 0 Å². The van der Waals surface area contributed by atoms with E-state index >= 15 is 0 Å². The van der Waals surface area contributed by atoms with Gasteiger partial charge < -0.3 is 24.8 Å². The van der Waals surface area contributed by atoms with E-state index in [1.165, 1.54) is 0 Å². The van der Waals surface area contributed by atoms with Crippen LogP contribution in [0.1, 0.15) is 5.69 Å². The zero-order valence-electron chi connectivity index (χ0n) is 20.6. The molecule has 1 aliphatic heterocycles. The lowest BCUT2D eigenvalue weighted by Crippen LogP contribution is -2.44. The van der Waals surface area contributed by atoms with Crippen molar-refractivity contribution in [3.8, 4) is 23.0 Å². The maximum atomic E-state index is 6.69. The van der Waals surface area contributed by atoms with Crippen LogP contribution in [0.3, 0.4) is 0 Å². The minimum Gasteiger partial charge on any atom is -0.423 e. The van der Waals surface area contributed by atoms with E-state index in [0.717, 1.165) is 59.9 Å². The summed E-state index contributed by atoms with van der Waals surface area (Å²) in [5.74, 6) is 2.52. The number of halogens is 1. The Labute approximate surface area is 219 Å². The molecule has 4 heterocycles. The van der Waals surface area contributed by atoms with E-state index in [0.29, 0.717) is 22.4 Å². The number of rotatable bonds is 6. The third kappa shape index (κ3) is 4.96. The molecule has 0 saturated carbocycles. The van der Waals surface area contributed by atoms with Crippen molar-refractivity contribution in [2.45, 2.75) is 6.92 Å². The van der Waals surface area contributed by atoms with Gasteiger partial charge in [0.05, 0.1) is 10.7 Å². The number of benzene rings is 2. The van der Waals surface area contributed by atoms with Crippen LogP contribution in [0.15, 0.2) is 60.7 Å². The van der Waals surface area contributed by atoms with Gasteiger partial charge in [-0.1, -0.05) is 41.9 Å². The molecular weight excluding hydrogens is 488 g/mol. The summed E-state index contributed by atoms with van der Waals surface area (Å²) in [4.78, 5) is 17.2. The topological polar surface area (TPSA) is 98.0 Å². The molecule has 0 atom stereocenters. The smallest absolute Gasteiger partial charge is 0.325 e. The first-order valence-corrected chi connectivity index (χ1v) is 12.6. The third-order valence-corrected chi connectivity index (χ3v) is 6.87. The number of aryl methyl sites for hydroxylation is 1. The van der Waals surface area contributed by atoms with Crippen LogP contribution in [-0.2, 0) is 0 Å². The molecule has 0 radical (unpaired) electrons. The highest BCUT2D eigenvalue weighted by molar-refractivity contribution is 6.37. The molecule has 0 unspecified atom stereocenters. The van der Waals surface area contributed by atoms with Gasteiger partial charge in [0.1, 0.15) is 17.4 Å². The quantitative estimate of drug-likeness (QED) is 0.271. The molecule has 0 bridgehead atoms. The summed E-state index contributed by atoms with van der Waals surface area (Å²) < 4.78 is 6.16. The molecule has 3 aromatic heterocycles. The first-order chi connectivity index (χ1) is 18.0. The Morgan fingerprint density at radius 1 is 0.946 bits per heavy atom. The molecule has 1 aliphatic rings. The van der Waals surface area contributed by atoms with Crippen LogP contribution < -0.4 is 15.0 Å². The lowest BCUT2D eigenvalue weighted by atomic mass is 10.2. The van der Waals surface area contributed by atoms with E-state index in [4.69, 9.17) is 21.3 Å². The van der Waals surface area contributed by atoms with Gasteiger partial charge in [0.15, 0.2) is 5.82 Å². The molecular formula is C27H27ClN8O. The van der Waals surface area contributed by atoms with Crippen molar-refractivity contribution in [1.29, 1.82) is 0 Å². The number of H-pyrrole nitrogens is 2. The zero-order chi connectivity index (χ0) is 25.4. The predicted octanol–water partition coefficient (Wildman–Crippen LogP) is 5.60. The number of hydrogen-bond donors (Lipinski definition) is 3. The first-order valence-electron chi connectivity index (χ1n) is 12.2. The minimum absolute atomic E-state index is 0.214. The molecule has 10 heteroatoms. The molecule has 0 amide bonds. The van der Waals surface area contributed by atoms with Gasteiger partial charge in [0, 0.05) is 54.9 Å². The summed E-state index contributed by atoms with van der Waals surface area (Å²) in [6.45, 7) is 5.64. The van der Waals surface area contributed by atoms with Crippen LogP contribution >= 0.6 is 11.6 Å². The van der Waals surface area contributed by atoms with Crippen LogP contribution in [0.25, 0.3) is 22.2 Å². The second-order valence-corrected chi connectivity index (χ2v) is 9.61. The molecule has 0 aliphatic carbocycles. The lowest BCUT2D eigenvalue weighted by Gasteiger charge is -2.33. The summed E-state index contributed by atoms with van der Waals surface area (Å²) in [6, 6.07) is 19.9. The number of nitrogens with one attached hydrogen (secondary N) is 3. The second-order valence-electron chi connectivity index (χ2n) is 9.24. The van der Waals surface area contributed by atoms with Crippen molar-refractivity contribution in [3.05, 3.63) is 71.4 Å². The van der Waals surface area contributed by atoms with Crippen molar-refractivity contribution in [3.63, 3.8) is 0 Å². The summed E-state index contributed by atoms with van der Waals surface area (Å²) in [5.41, 5.74) is 3.95. The Balaban J connectivity index is 1.32. The van der Waals surface area contributed by atoms with Gasteiger partial charge in [-0.05, 0) is 37.7 Å². The average Bonchev–Trinajstić information content (AvgIpc) is 3.53. The Bertz CT molecular complexity index is 1540. The Kier molecular flexibility index (Phi) is 6.15. The summed E-state index contributed by atoms with van der Waals surface area (Å²) in [7, 11) is 2.13. The van der Waals surface area contributed by atoms with Gasteiger partial charge >= 0.3 is 6.01 Å². The Morgan fingerprint density at radius 2 is 1.76 bits per heavy atom. The highest BCUT2D eigenvalue weighted by Crippen LogP contribution is 2.36. The van der Waals surface area contributed by atoms with E-state index in [1.54, 1.807) is 0 Å². The molecule has 37 heavy (non-hydrogen) atoms. The largest absolute Gasteiger partial charge is 0.423 e. The van der Waals surface area contributed by atoms with Crippen molar-refractivity contribution < 1.29 is 4.74 Å². The number of ether oxygens (including phenoxy) is 1. The average molecular weight is 515 g/mol. The normalized spacial score (nSPS) is 14.3. The number of aromatic nitrogens is 5.